The van der Waals surface area contributed by atoms with Crippen LogP contribution >= 0.6 is 0 Å². The Hall–Kier alpha value is -1.28. The second-order valence-electron chi connectivity index (χ2n) is 7.35. The highest BCUT2D eigenvalue weighted by molar-refractivity contribution is 5.48. The molecule has 0 spiro atoms. The average Bonchev–Trinajstić information content (AvgIpc) is 2.36. The highest BCUT2D eigenvalue weighted by atomic mass is 16.3. The summed E-state index contributed by atoms with van der Waals surface area (Å²) in [6.07, 6.45) is 4.81. The van der Waals surface area contributed by atoms with Gasteiger partial charge < -0.3 is 10.2 Å². The Bertz CT molecular complexity index is 555. The summed E-state index contributed by atoms with van der Waals surface area (Å²) < 4.78 is 0. The van der Waals surface area contributed by atoms with Gasteiger partial charge in [0.15, 0.2) is 0 Å². The van der Waals surface area contributed by atoms with Crippen molar-refractivity contribution in [2.45, 2.75) is 71.8 Å². The summed E-state index contributed by atoms with van der Waals surface area (Å²) in [5.41, 5.74) is 4.63. The number of phenols is 1. The van der Waals surface area contributed by atoms with Crippen LogP contribution in [0.4, 0.5) is 0 Å². The predicted molar refractivity (Wildman–Crippen MR) is 92.5 cm³/mol. The Morgan fingerprint density at radius 3 is 2.68 bits per heavy atom. The summed E-state index contributed by atoms with van der Waals surface area (Å²) in [5, 5.41) is 21.0. The lowest BCUT2D eigenvalue weighted by atomic mass is 9.69. The minimum absolute atomic E-state index is 0.127. The van der Waals surface area contributed by atoms with Crippen LogP contribution < -0.4 is 0 Å². The van der Waals surface area contributed by atoms with Crippen LogP contribution in [0.3, 0.4) is 0 Å². The number of aliphatic hydroxyl groups is 1. The van der Waals surface area contributed by atoms with E-state index in [0.717, 1.165) is 36.0 Å². The van der Waals surface area contributed by atoms with Gasteiger partial charge in [-0.15, -0.1) is 0 Å². The van der Waals surface area contributed by atoms with Crippen molar-refractivity contribution in [1.29, 1.82) is 0 Å². The number of benzene rings is 1. The molecule has 0 bridgehead atoms. The fraction of sp³-hybridized carbons (Fsp3) is 0.600. The molecule has 1 aliphatic rings. The smallest absolute Gasteiger partial charge is 0.119 e. The number of rotatable bonds is 4. The van der Waals surface area contributed by atoms with E-state index < -0.39 is 0 Å². The highest BCUT2D eigenvalue weighted by Crippen LogP contribution is 2.47. The highest BCUT2D eigenvalue weighted by Gasteiger charge is 2.36. The maximum Gasteiger partial charge on any atom is 0.119 e. The molecule has 2 N–H and O–H groups in total. The van der Waals surface area contributed by atoms with Gasteiger partial charge in [-0.1, -0.05) is 31.6 Å². The van der Waals surface area contributed by atoms with E-state index in [1.54, 1.807) is 0 Å². The first-order valence-electron chi connectivity index (χ1n) is 8.46. The normalized spacial score (nSPS) is 25.5. The van der Waals surface area contributed by atoms with Crippen molar-refractivity contribution < 1.29 is 10.2 Å². The van der Waals surface area contributed by atoms with E-state index in [1.807, 2.05) is 13.0 Å². The van der Waals surface area contributed by atoms with Crippen LogP contribution in [0.2, 0.25) is 0 Å². The van der Waals surface area contributed by atoms with Crippen LogP contribution in [0.5, 0.6) is 5.75 Å². The lowest BCUT2D eigenvalue weighted by Gasteiger charge is -2.38. The van der Waals surface area contributed by atoms with Crippen molar-refractivity contribution in [1.82, 2.24) is 0 Å². The zero-order chi connectivity index (χ0) is 16.4. The van der Waals surface area contributed by atoms with Gasteiger partial charge in [-0.05, 0) is 69.1 Å². The third-order valence-corrected chi connectivity index (χ3v) is 4.98. The van der Waals surface area contributed by atoms with Crippen LogP contribution in [-0.2, 0) is 0 Å². The van der Waals surface area contributed by atoms with Gasteiger partial charge in [0.05, 0.1) is 6.10 Å². The molecule has 1 aromatic rings. The van der Waals surface area contributed by atoms with Crippen LogP contribution in [-0.4, -0.2) is 16.3 Å². The Morgan fingerprint density at radius 1 is 1.36 bits per heavy atom. The molecule has 4 atom stereocenters. The number of hydrogen-bond donors (Lipinski definition) is 2. The van der Waals surface area contributed by atoms with Gasteiger partial charge in [0.1, 0.15) is 5.75 Å². The first-order chi connectivity index (χ1) is 10.3. The van der Waals surface area contributed by atoms with Gasteiger partial charge in [0.2, 0.25) is 0 Å². The molecule has 2 nitrogen and oxygen atoms in total. The van der Waals surface area contributed by atoms with E-state index in [2.05, 4.69) is 39.8 Å². The molecule has 0 radical (unpaired) electrons. The average molecular weight is 302 g/mol. The Kier molecular flexibility index (Phi) is 5.33. The van der Waals surface area contributed by atoms with Gasteiger partial charge in [0.25, 0.3) is 0 Å². The molecular formula is C20H30O2. The van der Waals surface area contributed by atoms with E-state index in [-0.39, 0.29) is 17.9 Å². The summed E-state index contributed by atoms with van der Waals surface area (Å²) in [4.78, 5) is 0. The lowest BCUT2D eigenvalue weighted by molar-refractivity contribution is 0.0915. The van der Waals surface area contributed by atoms with E-state index in [9.17, 15) is 10.2 Å². The van der Waals surface area contributed by atoms with Crippen LogP contribution in [0.15, 0.2) is 23.8 Å². The second-order valence-corrected chi connectivity index (χ2v) is 7.35. The monoisotopic (exact) mass is 302 g/mol. The minimum atomic E-state index is -0.314. The zero-order valence-electron chi connectivity index (χ0n) is 14.6. The van der Waals surface area contributed by atoms with Crippen LogP contribution in [0.1, 0.15) is 75.5 Å². The Labute approximate surface area is 134 Å². The number of allylic oxidation sites excluding steroid dienone is 2. The predicted octanol–water partition coefficient (Wildman–Crippen LogP) is 5.03. The van der Waals surface area contributed by atoms with Crippen LogP contribution in [0, 0.1) is 12.8 Å². The molecule has 122 valence electrons. The molecule has 0 unspecified atom stereocenters. The van der Waals surface area contributed by atoms with Crippen molar-refractivity contribution in [3.63, 3.8) is 0 Å². The summed E-state index contributed by atoms with van der Waals surface area (Å²) in [5.74, 6) is 1.14. The van der Waals surface area contributed by atoms with Crippen molar-refractivity contribution in [2.24, 2.45) is 5.92 Å². The number of aliphatic hydroxyl groups excluding tert-OH is 1. The molecule has 0 aliphatic heterocycles. The number of phenolic OH excluding ortho intramolecular Hbond substituents is 1. The molecule has 1 aromatic carbocycles. The summed E-state index contributed by atoms with van der Waals surface area (Å²) in [6, 6.07) is 4.01. The fourth-order valence-corrected chi connectivity index (χ4v) is 3.95. The van der Waals surface area contributed by atoms with E-state index in [1.165, 1.54) is 5.57 Å². The zero-order valence-corrected chi connectivity index (χ0v) is 14.6. The third-order valence-electron chi connectivity index (χ3n) is 4.98. The van der Waals surface area contributed by atoms with Gasteiger partial charge in [0, 0.05) is 11.5 Å². The Balaban J connectivity index is 2.32. The van der Waals surface area contributed by atoms with E-state index in [4.69, 9.17) is 0 Å². The molecule has 0 aromatic heterocycles. The Morgan fingerprint density at radius 2 is 2.05 bits per heavy atom. The van der Waals surface area contributed by atoms with E-state index in [0.29, 0.717) is 11.7 Å². The van der Waals surface area contributed by atoms with E-state index >= 15 is 0 Å². The third kappa shape index (κ3) is 3.55. The van der Waals surface area contributed by atoms with Crippen molar-refractivity contribution in [2.75, 3.05) is 0 Å². The molecule has 1 aliphatic carbocycles. The van der Waals surface area contributed by atoms with Gasteiger partial charge in [-0.25, -0.2) is 0 Å². The maximum atomic E-state index is 10.6. The quantitative estimate of drug-likeness (QED) is 0.765. The summed E-state index contributed by atoms with van der Waals surface area (Å²) in [6.45, 7) is 10.6. The summed E-state index contributed by atoms with van der Waals surface area (Å²) >= 11 is 0. The molecule has 0 fully saturated rings. The molecule has 0 saturated carbocycles. The first kappa shape index (κ1) is 17.1. The molecule has 0 saturated heterocycles. The largest absolute Gasteiger partial charge is 0.508 e. The number of fused-ring (bicyclic) bond motifs is 1. The molecule has 2 rings (SSSR count). The molecule has 22 heavy (non-hydrogen) atoms. The molecular weight excluding hydrogens is 272 g/mol. The van der Waals surface area contributed by atoms with Crippen molar-refractivity contribution in [3.8, 4) is 5.75 Å². The van der Waals surface area contributed by atoms with Crippen molar-refractivity contribution >= 4 is 0 Å². The van der Waals surface area contributed by atoms with Gasteiger partial charge >= 0.3 is 0 Å². The SMILES string of the molecule is CC(C)=CCC[C@H](C)[C@H]1c2cc(C)cc(O)c2[C@@H](C)C[C@H]1O. The lowest BCUT2D eigenvalue weighted by Crippen LogP contribution is -2.31. The maximum absolute atomic E-state index is 10.6. The van der Waals surface area contributed by atoms with Gasteiger partial charge in [-0.3, -0.25) is 0 Å². The fourth-order valence-electron chi connectivity index (χ4n) is 3.95. The van der Waals surface area contributed by atoms with Crippen LogP contribution in [0.25, 0.3) is 0 Å². The molecule has 2 heteroatoms. The minimum Gasteiger partial charge on any atom is -0.508 e. The number of hydrogen-bond acceptors (Lipinski definition) is 2. The van der Waals surface area contributed by atoms with Gasteiger partial charge in [-0.2, -0.15) is 0 Å². The summed E-state index contributed by atoms with van der Waals surface area (Å²) in [7, 11) is 0. The number of aryl methyl sites for hydroxylation is 1. The second kappa shape index (κ2) is 6.87. The first-order valence-corrected chi connectivity index (χ1v) is 8.46. The van der Waals surface area contributed by atoms with Crippen molar-refractivity contribution in [3.05, 3.63) is 40.5 Å². The number of aromatic hydroxyl groups is 1. The topological polar surface area (TPSA) is 40.5 Å². The molecule has 0 heterocycles. The molecule has 0 amide bonds. The standard InChI is InChI=1S/C20H30O2/c1-12(2)7-6-8-14(4)19-16-9-13(3)10-17(21)20(16)15(5)11-18(19)22/h7,9-10,14-15,18-19,21-22H,6,8,11H2,1-5H3/t14-,15-,18+,19-/m0/s1.